The fourth-order valence-corrected chi connectivity index (χ4v) is 3.70. The summed E-state index contributed by atoms with van der Waals surface area (Å²) in [5, 5.41) is 2.00. The summed E-state index contributed by atoms with van der Waals surface area (Å²) in [7, 11) is 0. The van der Waals surface area contributed by atoms with Gasteiger partial charge in [0.05, 0.1) is 5.41 Å². The van der Waals surface area contributed by atoms with E-state index in [9.17, 15) is 4.79 Å². The highest BCUT2D eigenvalue weighted by atomic mass is 32.1. The van der Waals surface area contributed by atoms with E-state index in [1.165, 1.54) is 0 Å². The summed E-state index contributed by atoms with van der Waals surface area (Å²) in [6.07, 6.45) is 1.54. The molecule has 20 heavy (non-hydrogen) atoms. The number of ketones is 1. The Morgan fingerprint density at radius 2 is 1.85 bits per heavy atom. The number of aryl methyl sites for hydroxylation is 1. The van der Waals surface area contributed by atoms with Crippen molar-refractivity contribution in [2.75, 3.05) is 13.2 Å². The van der Waals surface area contributed by atoms with E-state index in [2.05, 4.69) is 12.1 Å². The van der Waals surface area contributed by atoms with Crippen molar-refractivity contribution >= 4 is 17.1 Å². The van der Waals surface area contributed by atoms with E-state index < -0.39 is 5.41 Å². The van der Waals surface area contributed by atoms with Gasteiger partial charge in [0.1, 0.15) is 0 Å². The van der Waals surface area contributed by atoms with Gasteiger partial charge in [-0.2, -0.15) is 0 Å². The number of ether oxygens (including phenoxy) is 1. The lowest BCUT2D eigenvalue weighted by Crippen LogP contribution is -2.41. The Morgan fingerprint density at radius 1 is 1.15 bits per heavy atom. The third-order valence-corrected chi connectivity index (χ3v) is 5.06. The average molecular weight is 286 g/mol. The van der Waals surface area contributed by atoms with E-state index in [0.717, 1.165) is 28.8 Å². The van der Waals surface area contributed by atoms with Crippen molar-refractivity contribution in [1.29, 1.82) is 0 Å². The summed E-state index contributed by atoms with van der Waals surface area (Å²) in [5.41, 5.74) is 1.59. The zero-order valence-electron chi connectivity index (χ0n) is 11.6. The van der Waals surface area contributed by atoms with Crippen LogP contribution in [0.3, 0.4) is 0 Å². The standard InChI is InChI=1S/C17H18O2S/c1-13-15(7-12-20-13)16(18)17(8-10-19-11-9-17)14-5-3-2-4-6-14/h2-7,12H,8-11H2,1H3. The molecule has 104 valence electrons. The molecular weight excluding hydrogens is 268 g/mol. The van der Waals surface area contributed by atoms with Gasteiger partial charge in [0.25, 0.3) is 0 Å². The number of rotatable bonds is 3. The van der Waals surface area contributed by atoms with E-state index in [-0.39, 0.29) is 5.78 Å². The van der Waals surface area contributed by atoms with Crippen molar-refractivity contribution in [3.8, 4) is 0 Å². The van der Waals surface area contributed by atoms with Gasteiger partial charge in [-0.3, -0.25) is 4.79 Å². The topological polar surface area (TPSA) is 26.3 Å². The fraction of sp³-hybridized carbons (Fsp3) is 0.353. The summed E-state index contributed by atoms with van der Waals surface area (Å²) >= 11 is 1.64. The Morgan fingerprint density at radius 3 is 2.45 bits per heavy atom. The number of Topliss-reactive ketones (excluding diaryl/α,β-unsaturated/α-hetero) is 1. The molecule has 2 nitrogen and oxygen atoms in total. The Hall–Kier alpha value is -1.45. The minimum absolute atomic E-state index is 0.255. The number of hydrogen-bond acceptors (Lipinski definition) is 3. The molecule has 0 atom stereocenters. The van der Waals surface area contributed by atoms with Gasteiger partial charge >= 0.3 is 0 Å². The van der Waals surface area contributed by atoms with Crippen LogP contribution in [0, 0.1) is 6.92 Å². The molecule has 0 unspecified atom stereocenters. The third-order valence-electron chi connectivity index (χ3n) is 4.21. The maximum Gasteiger partial charge on any atom is 0.174 e. The molecule has 1 aromatic carbocycles. The lowest BCUT2D eigenvalue weighted by Gasteiger charge is -2.36. The van der Waals surface area contributed by atoms with Crippen LogP contribution in [0.1, 0.15) is 33.6 Å². The highest BCUT2D eigenvalue weighted by Crippen LogP contribution is 2.39. The molecule has 0 N–H and O–H groups in total. The maximum absolute atomic E-state index is 13.2. The van der Waals surface area contributed by atoms with E-state index in [0.29, 0.717) is 13.2 Å². The summed E-state index contributed by atoms with van der Waals surface area (Å²) in [6, 6.07) is 12.1. The molecule has 1 aromatic heterocycles. The molecule has 1 saturated heterocycles. The molecule has 2 aromatic rings. The number of carbonyl (C=O) groups is 1. The predicted octanol–water partition coefficient (Wildman–Crippen LogP) is 3.99. The third kappa shape index (κ3) is 2.21. The van der Waals surface area contributed by atoms with E-state index in [1.807, 2.05) is 36.6 Å². The monoisotopic (exact) mass is 286 g/mol. The van der Waals surface area contributed by atoms with Gasteiger partial charge in [0.15, 0.2) is 5.78 Å². The highest BCUT2D eigenvalue weighted by molar-refractivity contribution is 7.10. The lowest BCUT2D eigenvalue weighted by atomic mass is 9.69. The number of hydrogen-bond donors (Lipinski definition) is 0. The van der Waals surface area contributed by atoms with Gasteiger partial charge < -0.3 is 4.74 Å². The Kier molecular flexibility index (Phi) is 3.72. The zero-order valence-corrected chi connectivity index (χ0v) is 12.4. The van der Waals surface area contributed by atoms with Crippen molar-refractivity contribution in [3.63, 3.8) is 0 Å². The second-order valence-electron chi connectivity index (χ2n) is 5.28. The first-order valence-corrected chi connectivity index (χ1v) is 7.84. The van der Waals surface area contributed by atoms with Crippen LogP contribution in [0.25, 0.3) is 0 Å². The predicted molar refractivity (Wildman–Crippen MR) is 81.6 cm³/mol. The minimum Gasteiger partial charge on any atom is -0.381 e. The largest absolute Gasteiger partial charge is 0.381 e. The summed E-state index contributed by atoms with van der Waals surface area (Å²) in [6.45, 7) is 3.34. The summed E-state index contributed by atoms with van der Waals surface area (Å²) in [4.78, 5) is 14.3. The molecule has 1 fully saturated rings. The van der Waals surface area contributed by atoms with Crippen molar-refractivity contribution in [3.05, 3.63) is 57.8 Å². The second-order valence-corrected chi connectivity index (χ2v) is 6.40. The van der Waals surface area contributed by atoms with E-state index >= 15 is 0 Å². The SMILES string of the molecule is Cc1sccc1C(=O)C1(c2ccccc2)CCOCC1. The molecule has 0 aliphatic carbocycles. The Balaban J connectivity index is 2.07. The molecule has 3 rings (SSSR count). The molecule has 0 bridgehead atoms. The quantitative estimate of drug-likeness (QED) is 0.798. The maximum atomic E-state index is 13.2. The normalized spacial score (nSPS) is 17.9. The van der Waals surface area contributed by atoms with E-state index in [4.69, 9.17) is 4.74 Å². The van der Waals surface area contributed by atoms with Gasteiger partial charge in [0, 0.05) is 23.7 Å². The Labute approximate surface area is 123 Å². The average Bonchev–Trinajstić information content (AvgIpc) is 2.94. The molecule has 0 saturated carbocycles. The lowest BCUT2D eigenvalue weighted by molar-refractivity contribution is 0.0424. The molecule has 0 amide bonds. The van der Waals surface area contributed by atoms with Crippen LogP contribution in [0.15, 0.2) is 41.8 Å². The Bertz CT molecular complexity index is 594. The summed E-state index contributed by atoms with van der Waals surface area (Å²) in [5.74, 6) is 0.255. The van der Waals surface area contributed by atoms with Crippen LogP contribution in [0.4, 0.5) is 0 Å². The number of carbonyl (C=O) groups excluding carboxylic acids is 1. The molecule has 0 radical (unpaired) electrons. The first-order valence-electron chi connectivity index (χ1n) is 6.96. The molecular formula is C17H18O2S. The van der Waals surface area contributed by atoms with Gasteiger partial charge in [-0.15, -0.1) is 11.3 Å². The molecule has 1 aliphatic rings. The zero-order chi connectivity index (χ0) is 14.0. The fourth-order valence-electron chi connectivity index (χ4n) is 3.00. The van der Waals surface area contributed by atoms with Gasteiger partial charge in [-0.1, -0.05) is 30.3 Å². The first kappa shape index (κ1) is 13.5. The van der Waals surface area contributed by atoms with Crippen LogP contribution in [0.5, 0.6) is 0 Å². The van der Waals surface area contributed by atoms with E-state index in [1.54, 1.807) is 11.3 Å². The number of benzene rings is 1. The molecule has 0 spiro atoms. The minimum atomic E-state index is -0.411. The van der Waals surface area contributed by atoms with Gasteiger partial charge in [-0.05, 0) is 36.8 Å². The second kappa shape index (κ2) is 5.51. The summed E-state index contributed by atoms with van der Waals surface area (Å²) < 4.78 is 5.49. The van der Waals surface area contributed by atoms with Crippen LogP contribution >= 0.6 is 11.3 Å². The molecule has 2 heterocycles. The van der Waals surface area contributed by atoms with Gasteiger partial charge in [0.2, 0.25) is 0 Å². The van der Waals surface area contributed by atoms with Crippen molar-refractivity contribution in [2.45, 2.75) is 25.2 Å². The van der Waals surface area contributed by atoms with Crippen molar-refractivity contribution in [1.82, 2.24) is 0 Å². The van der Waals surface area contributed by atoms with Crippen LogP contribution in [-0.4, -0.2) is 19.0 Å². The molecule has 1 aliphatic heterocycles. The highest BCUT2D eigenvalue weighted by Gasteiger charge is 2.42. The number of thiophene rings is 1. The van der Waals surface area contributed by atoms with Crippen LogP contribution in [-0.2, 0) is 10.2 Å². The first-order chi connectivity index (χ1) is 9.74. The van der Waals surface area contributed by atoms with Crippen LogP contribution < -0.4 is 0 Å². The van der Waals surface area contributed by atoms with Crippen LogP contribution in [0.2, 0.25) is 0 Å². The smallest absolute Gasteiger partial charge is 0.174 e. The van der Waals surface area contributed by atoms with Gasteiger partial charge in [-0.25, -0.2) is 0 Å². The molecule has 3 heteroatoms. The van der Waals surface area contributed by atoms with Crippen molar-refractivity contribution < 1.29 is 9.53 Å². The van der Waals surface area contributed by atoms with Crippen molar-refractivity contribution in [2.24, 2.45) is 0 Å².